The molecule has 1 aliphatic rings. The predicted octanol–water partition coefficient (Wildman–Crippen LogP) is 3.47. The van der Waals surface area contributed by atoms with E-state index in [-0.39, 0.29) is 24.8 Å². The third kappa shape index (κ3) is 5.44. The van der Waals surface area contributed by atoms with Crippen molar-refractivity contribution in [2.45, 2.75) is 18.8 Å². The van der Waals surface area contributed by atoms with E-state index in [0.717, 1.165) is 36.4 Å². The molecule has 2 atom stereocenters. The molecule has 0 aliphatic carbocycles. The maximum absolute atomic E-state index is 6.23. The average Bonchev–Trinajstić information content (AvgIpc) is 2.61. The normalized spacial score (nSPS) is 19.0. The summed E-state index contributed by atoms with van der Waals surface area (Å²) in [6.45, 7) is 2.72. The number of fused-ring (bicyclic) bond motifs is 1. The first kappa shape index (κ1) is 19.7. The van der Waals surface area contributed by atoms with Crippen LogP contribution in [0.4, 0.5) is 0 Å². The highest BCUT2D eigenvalue weighted by atomic mass is 35.5. The van der Waals surface area contributed by atoms with Crippen molar-refractivity contribution in [3.05, 3.63) is 65.7 Å². The molecule has 0 saturated carbocycles. The van der Waals surface area contributed by atoms with E-state index in [1.165, 1.54) is 0 Å². The lowest BCUT2D eigenvalue weighted by atomic mass is 9.99. The standard InChI is InChI=1S/C20H26N2O2.ClH/c1-22(2)14-8-13-21-15-19-23-18-12-7-6-11-17(18)20(24-19)16-9-4-3-5-10-16;/h3-7,9-12,19-21H,8,13-15H2,1-2H3;1H/t19-,20-;/m0./s1. The molecule has 25 heavy (non-hydrogen) atoms. The minimum absolute atomic E-state index is 0. The molecule has 2 aromatic rings. The van der Waals surface area contributed by atoms with E-state index in [9.17, 15) is 0 Å². The van der Waals surface area contributed by atoms with Crippen LogP contribution in [-0.4, -0.2) is 44.9 Å². The summed E-state index contributed by atoms with van der Waals surface area (Å²) in [4.78, 5) is 2.19. The fraction of sp³-hybridized carbons (Fsp3) is 0.400. The number of rotatable bonds is 7. The summed E-state index contributed by atoms with van der Waals surface area (Å²) in [5, 5.41) is 3.44. The van der Waals surface area contributed by atoms with Gasteiger partial charge in [-0.1, -0.05) is 48.5 Å². The van der Waals surface area contributed by atoms with Gasteiger partial charge in [-0.05, 0) is 45.2 Å². The number of halogens is 1. The van der Waals surface area contributed by atoms with Gasteiger partial charge in [0, 0.05) is 5.56 Å². The molecule has 4 nitrogen and oxygen atoms in total. The zero-order chi connectivity index (χ0) is 16.8. The van der Waals surface area contributed by atoms with Crippen molar-refractivity contribution in [2.24, 2.45) is 0 Å². The third-order valence-electron chi connectivity index (χ3n) is 4.12. The highest BCUT2D eigenvalue weighted by Gasteiger charge is 2.29. The lowest BCUT2D eigenvalue weighted by Crippen LogP contribution is -2.38. The smallest absolute Gasteiger partial charge is 0.213 e. The van der Waals surface area contributed by atoms with Crippen LogP contribution in [0.5, 0.6) is 5.75 Å². The van der Waals surface area contributed by atoms with E-state index in [1.807, 2.05) is 36.4 Å². The fourth-order valence-corrected chi connectivity index (χ4v) is 2.91. The SMILES string of the molecule is CN(C)CCCNC[C@H]1Oc2ccccc2[C@H](c2ccccc2)O1.Cl. The molecular formula is C20H27ClN2O2. The molecule has 0 fully saturated rings. The van der Waals surface area contributed by atoms with Crippen molar-refractivity contribution in [1.82, 2.24) is 10.2 Å². The Morgan fingerprint density at radius 3 is 2.48 bits per heavy atom. The number of para-hydroxylation sites is 1. The van der Waals surface area contributed by atoms with Crippen molar-refractivity contribution in [3.63, 3.8) is 0 Å². The summed E-state index contributed by atoms with van der Waals surface area (Å²) >= 11 is 0. The Kier molecular flexibility index (Phi) is 7.72. The Hall–Kier alpha value is -1.59. The Morgan fingerprint density at radius 1 is 1.00 bits per heavy atom. The van der Waals surface area contributed by atoms with Gasteiger partial charge < -0.3 is 19.7 Å². The Bertz CT molecular complexity index is 637. The number of nitrogens with zero attached hydrogens (tertiary/aromatic N) is 1. The van der Waals surface area contributed by atoms with Crippen LogP contribution in [0.2, 0.25) is 0 Å². The first-order valence-corrected chi connectivity index (χ1v) is 8.55. The van der Waals surface area contributed by atoms with Gasteiger partial charge in [0.15, 0.2) is 0 Å². The van der Waals surface area contributed by atoms with Gasteiger partial charge in [-0.25, -0.2) is 0 Å². The molecule has 136 valence electrons. The maximum Gasteiger partial charge on any atom is 0.213 e. The molecule has 0 bridgehead atoms. The first-order chi connectivity index (χ1) is 11.7. The van der Waals surface area contributed by atoms with Gasteiger partial charge in [0.25, 0.3) is 0 Å². The Labute approximate surface area is 156 Å². The summed E-state index contributed by atoms with van der Waals surface area (Å²) in [7, 11) is 4.18. The molecule has 1 N–H and O–H groups in total. The summed E-state index contributed by atoms with van der Waals surface area (Å²) in [5.41, 5.74) is 2.25. The van der Waals surface area contributed by atoms with Crippen molar-refractivity contribution < 1.29 is 9.47 Å². The average molecular weight is 363 g/mol. The van der Waals surface area contributed by atoms with Crippen molar-refractivity contribution >= 4 is 12.4 Å². The van der Waals surface area contributed by atoms with Crippen LogP contribution in [-0.2, 0) is 4.74 Å². The van der Waals surface area contributed by atoms with Crippen LogP contribution in [0.15, 0.2) is 54.6 Å². The Balaban J connectivity index is 0.00000225. The molecule has 2 aromatic carbocycles. The van der Waals surface area contributed by atoms with E-state index < -0.39 is 0 Å². The number of hydrogen-bond acceptors (Lipinski definition) is 4. The molecule has 0 saturated heterocycles. The molecule has 0 aromatic heterocycles. The minimum Gasteiger partial charge on any atom is -0.463 e. The summed E-state index contributed by atoms with van der Waals surface area (Å²) < 4.78 is 12.2. The second kappa shape index (κ2) is 9.78. The number of nitrogens with one attached hydrogen (secondary N) is 1. The molecule has 1 heterocycles. The Morgan fingerprint density at radius 2 is 1.72 bits per heavy atom. The number of ether oxygens (including phenoxy) is 2. The first-order valence-electron chi connectivity index (χ1n) is 8.55. The summed E-state index contributed by atoms with van der Waals surface area (Å²) in [6, 6.07) is 18.5. The quantitative estimate of drug-likeness (QED) is 0.765. The zero-order valence-corrected chi connectivity index (χ0v) is 15.7. The zero-order valence-electron chi connectivity index (χ0n) is 14.9. The predicted molar refractivity (Wildman–Crippen MR) is 104 cm³/mol. The fourth-order valence-electron chi connectivity index (χ4n) is 2.91. The molecule has 0 radical (unpaired) electrons. The largest absolute Gasteiger partial charge is 0.463 e. The van der Waals surface area contributed by atoms with Crippen LogP contribution in [0.3, 0.4) is 0 Å². The van der Waals surface area contributed by atoms with Gasteiger partial charge in [-0.3, -0.25) is 0 Å². The van der Waals surface area contributed by atoms with Gasteiger partial charge in [0.1, 0.15) is 11.9 Å². The van der Waals surface area contributed by atoms with Crippen molar-refractivity contribution in [1.29, 1.82) is 0 Å². The van der Waals surface area contributed by atoms with Crippen LogP contribution >= 0.6 is 12.4 Å². The van der Waals surface area contributed by atoms with Crippen LogP contribution in [0, 0.1) is 0 Å². The lowest BCUT2D eigenvalue weighted by molar-refractivity contribution is -0.124. The van der Waals surface area contributed by atoms with E-state index in [0.29, 0.717) is 6.54 Å². The van der Waals surface area contributed by atoms with Gasteiger partial charge in [-0.2, -0.15) is 0 Å². The summed E-state index contributed by atoms with van der Waals surface area (Å²) in [6.07, 6.45) is 0.757. The molecular weight excluding hydrogens is 336 g/mol. The van der Waals surface area contributed by atoms with Crippen molar-refractivity contribution in [2.75, 3.05) is 33.7 Å². The van der Waals surface area contributed by atoms with Crippen LogP contribution < -0.4 is 10.1 Å². The van der Waals surface area contributed by atoms with Crippen LogP contribution in [0.25, 0.3) is 0 Å². The van der Waals surface area contributed by atoms with Gasteiger partial charge in [-0.15, -0.1) is 12.4 Å². The number of benzene rings is 2. The van der Waals surface area contributed by atoms with E-state index in [2.05, 4.69) is 42.5 Å². The van der Waals surface area contributed by atoms with Crippen molar-refractivity contribution in [3.8, 4) is 5.75 Å². The maximum atomic E-state index is 6.23. The second-order valence-corrected chi connectivity index (χ2v) is 6.37. The lowest BCUT2D eigenvalue weighted by Gasteiger charge is -2.33. The molecule has 5 heteroatoms. The van der Waals surface area contributed by atoms with E-state index >= 15 is 0 Å². The highest BCUT2D eigenvalue weighted by Crippen LogP contribution is 2.38. The molecule has 0 unspecified atom stereocenters. The van der Waals surface area contributed by atoms with Gasteiger partial charge in [0.05, 0.1) is 6.54 Å². The molecule has 3 rings (SSSR count). The highest BCUT2D eigenvalue weighted by molar-refractivity contribution is 5.85. The van der Waals surface area contributed by atoms with Gasteiger partial charge in [0.2, 0.25) is 6.29 Å². The number of hydrogen-bond donors (Lipinski definition) is 1. The topological polar surface area (TPSA) is 33.7 Å². The minimum atomic E-state index is -0.274. The van der Waals surface area contributed by atoms with E-state index in [4.69, 9.17) is 9.47 Å². The summed E-state index contributed by atoms with van der Waals surface area (Å²) in [5.74, 6) is 0.915. The molecule has 0 amide bonds. The monoisotopic (exact) mass is 362 g/mol. The second-order valence-electron chi connectivity index (χ2n) is 6.37. The third-order valence-corrected chi connectivity index (χ3v) is 4.12. The van der Waals surface area contributed by atoms with E-state index in [1.54, 1.807) is 0 Å². The molecule has 0 spiro atoms. The molecule has 1 aliphatic heterocycles. The van der Waals surface area contributed by atoms with Crippen LogP contribution in [0.1, 0.15) is 23.7 Å². The van der Waals surface area contributed by atoms with Gasteiger partial charge >= 0.3 is 0 Å².